The first-order valence-electron chi connectivity index (χ1n) is 6.13. The van der Waals surface area contributed by atoms with Gasteiger partial charge in [0.1, 0.15) is 0 Å². The number of hydrogen-bond acceptors (Lipinski definition) is 1. The fourth-order valence-electron chi connectivity index (χ4n) is 1.62. The minimum atomic E-state index is 0.785. The van der Waals surface area contributed by atoms with Gasteiger partial charge in [-0.25, -0.2) is 0 Å². The van der Waals surface area contributed by atoms with E-state index in [0.717, 1.165) is 27.0 Å². The maximum absolute atomic E-state index is 6.07. The Morgan fingerprint density at radius 2 is 1.59 bits per heavy atom. The molecule has 0 bridgehead atoms. The van der Waals surface area contributed by atoms with E-state index in [-0.39, 0.29) is 0 Å². The van der Waals surface area contributed by atoms with Gasteiger partial charge in [0.05, 0.1) is 0 Å². The van der Waals surface area contributed by atoms with E-state index in [1.807, 2.05) is 65.0 Å². The van der Waals surface area contributed by atoms with Gasteiger partial charge >= 0.3 is 0 Å². The lowest BCUT2D eigenvalue weighted by Gasteiger charge is -2.05. The van der Waals surface area contributed by atoms with Gasteiger partial charge in [-0.2, -0.15) is 0 Å². The van der Waals surface area contributed by atoms with Crippen LogP contribution in [0.25, 0.3) is 10.8 Å². The number of nitrogen functional groups attached to an aromatic ring is 1. The molecular formula is C15H22ClN. The topological polar surface area (TPSA) is 26.0 Å². The molecule has 0 atom stereocenters. The molecule has 0 spiro atoms. The van der Waals surface area contributed by atoms with E-state index in [4.69, 9.17) is 17.3 Å². The Kier molecular flexibility index (Phi) is 7.40. The molecule has 2 aromatic carbocycles. The number of rotatable bonds is 0. The van der Waals surface area contributed by atoms with Crippen LogP contribution in [-0.2, 0) is 0 Å². The molecular weight excluding hydrogens is 230 g/mol. The Morgan fingerprint density at radius 1 is 1.00 bits per heavy atom. The summed E-state index contributed by atoms with van der Waals surface area (Å²) < 4.78 is 0. The predicted molar refractivity (Wildman–Crippen MR) is 80.8 cm³/mol. The molecule has 1 nitrogen and oxygen atoms in total. The number of nitrogens with two attached hydrogens (primary N) is 1. The highest BCUT2D eigenvalue weighted by molar-refractivity contribution is 6.35. The first-order valence-corrected chi connectivity index (χ1v) is 6.50. The second-order valence-electron chi connectivity index (χ2n) is 3.18. The summed E-state index contributed by atoms with van der Waals surface area (Å²) in [5.41, 5.74) is 7.64. The van der Waals surface area contributed by atoms with Gasteiger partial charge in [0.25, 0.3) is 0 Å². The second kappa shape index (κ2) is 7.97. The first kappa shape index (κ1) is 15.8. The standard InChI is InChI=1S/C11H10ClN.2C2H6/c1-7-5-9(13)6-8-3-2-4-10(12)11(7)8;2*1-2/h2-6H,13H2,1H3;2*1-2H3. The minimum absolute atomic E-state index is 0.785. The van der Waals surface area contributed by atoms with Crippen molar-refractivity contribution in [3.8, 4) is 0 Å². The molecule has 0 aliphatic heterocycles. The monoisotopic (exact) mass is 251 g/mol. The zero-order valence-electron chi connectivity index (χ0n) is 11.3. The zero-order chi connectivity index (χ0) is 13.4. The quantitative estimate of drug-likeness (QED) is 0.620. The van der Waals surface area contributed by atoms with Crippen molar-refractivity contribution >= 4 is 28.1 Å². The van der Waals surface area contributed by atoms with Crippen LogP contribution < -0.4 is 5.73 Å². The predicted octanol–water partition coefficient (Wildman–Crippen LogP) is 5.44. The van der Waals surface area contributed by atoms with E-state index in [2.05, 4.69) is 0 Å². The number of aryl methyl sites for hydroxylation is 1. The van der Waals surface area contributed by atoms with E-state index in [0.29, 0.717) is 0 Å². The summed E-state index contributed by atoms with van der Waals surface area (Å²) in [6.07, 6.45) is 0. The Balaban J connectivity index is 0.000000581. The third kappa shape index (κ3) is 3.94. The molecule has 0 aliphatic rings. The maximum atomic E-state index is 6.07. The van der Waals surface area contributed by atoms with Gasteiger partial charge in [-0.05, 0) is 36.1 Å². The van der Waals surface area contributed by atoms with Crippen molar-refractivity contribution in [3.63, 3.8) is 0 Å². The molecule has 17 heavy (non-hydrogen) atoms. The van der Waals surface area contributed by atoms with E-state index >= 15 is 0 Å². The van der Waals surface area contributed by atoms with Crippen LogP contribution in [0.1, 0.15) is 33.3 Å². The largest absolute Gasteiger partial charge is 0.399 e. The number of hydrogen-bond donors (Lipinski definition) is 1. The van der Waals surface area contributed by atoms with Gasteiger partial charge in [0.15, 0.2) is 0 Å². The van der Waals surface area contributed by atoms with Gasteiger partial charge < -0.3 is 5.73 Å². The highest BCUT2D eigenvalue weighted by Crippen LogP contribution is 2.28. The summed E-state index contributed by atoms with van der Waals surface area (Å²) in [5.74, 6) is 0. The molecule has 2 N–H and O–H groups in total. The van der Waals surface area contributed by atoms with Crippen LogP contribution in [-0.4, -0.2) is 0 Å². The smallest absolute Gasteiger partial charge is 0.0487 e. The molecule has 0 radical (unpaired) electrons. The van der Waals surface area contributed by atoms with Crippen LogP contribution in [0.15, 0.2) is 30.3 Å². The molecule has 0 aromatic heterocycles. The van der Waals surface area contributed by atoms with Crippen LogP contribution in [0.2, 0.25) is 5.02 Å². The Hall–Kier alpha value is -1.21. The van der Waals surface area contributed by atoms with Crippen molar-refractivity contribution in [1.29, 1.82) is 0 Å². The average Bonchev–Trinajstić information content (AvgIpc) is 2.33. The zero-order valence-corrected chi connectivity index (χ0v) is 12.1. The van der Waals surface area contributed by atoms with Crippen molar-refractivity contribution in [1.82, 2.24) is 0 Å². The van der Waals surface area contributed by atoms with E-state index in [1.54, 1.807) is 0 Å². The summed E-state index contributed by atoms with van der Waals surface area (Å²) in [5, 5.41) is 2.98. The molecule has 0 heterocycles. The van der Waals surface area contributed by atoms with Crippen LogP contribution in [0.5, 0.6) is 0 Å². The van der Waals surface area contributed by atoms with Crippen molar-refractivity contribution in [3.05, 3.63) is 40.9 Å². The van der Waals surface area contributed by atoms with Crippen molar-refractivity contribution < 1.29 is 0 Å². The average molecular weight is 252 g/mol. The lowest BCUT2D eigenvalue weighted by atomic mass is 10.0. The normalized spacial score (nSPS) is 8.82. The number of fused-ring (bicyclic) bond motifs is 1. The summed E-state index contributed by atoms with van der Waals surface area (Å²) in [7, 11) is 0. The van der Waals surface area contributed by atoms with Gasteiger partial charge in [0.2, 0.25) is 0 Å². The summed E-state index contributed by atoms with van der Waals surface area (Å²) >= 11 is 6.07. The van der Waals surface area contributed by atoms with E-state index in [1.165, 1.54) is 0 Å². The van der Waals surface area contributed by atoms with Gasteiger partial charge in [-0.3, -0.25) is 0 Å². The Labute approximate surface area is 110 Å². The Bertz CT molecular complexity index is 464. The van der Waals surface area contributed by atoms with Crippen LogP contribution in [0.4, 0.5) is 5.69 Å². The minimum Gasteiger partial charge on any atom is -0.399 e. The summed E-state index contributed by atoms with van der Waals surface area (Å²) in [6.45, 7) is 10.0. The Morgan fingerprint density at radius 3 is 2.18 bits per heavy atom. The highest BCUT2D eigenvalue weighted by Gasteiger charge is 2.02. The van der Waals surface area contributed by atoms with E-state index in [9.17, 15) is 0 Å². The van der Waals surface area contributed by atoms with Gasteiger partial charge in [-0.15, -0.1) is 0 Å². The van der Waals surface area contributed by atoms with Crippen molar-refractivity contribution in [2.24, 2.45) is 0 Å². The molecule has 0 saturated carbocycles. The molecule has 94 valence electrons. The van der Waals surface area contributed by atoms with Crippen LogP contribution in [0, 0.1) is 6.92 Å². The molecule has 0 unspecified atom stereocenters. The number of benzene rings is 2. The maximum Gasteiger partial charge on any atom is 0.0487 e. The molecule has 0 aliphatic carbocycles. The fraction of sp³-hybridized carbons (Fsp3) is 0.333. The lowest BCUT2D eigenvalue weighted by molar-refractivity contribution is 1.50. The van der Waals surface area contributed by atoms with E-state index < -0.39 is 0 Å². The number of halogens is 1. The molecule has 0 saturated heterocycles. The fourth-order valence-corrected chi connectivity index (χ4v) is 1.95. The highest BCUT2D eigenvalue weighted by atomic mass is 35.5. The molecule has 0 amide bonds. The third-order valence-electron chi connectivity index (χ3n) is 2.15. The van der Waals surface area contributed by atoms with Crippen LogP contribution in [0.3, 0.4) is 0 Å². The van der Waals surface area contributed by atoms with Crippen molar-refractivity contribution in [2.45, 2.75) is 34.6 Å². The number of anilines is 1. The van der Waals surface area contributed by atoms with Gasteiger partial charge in [-0.1, -0.05) is 51.4 Å². The lowest BCUT2D eigenvalue weighted by Crippen LogP contribution is -1.87. The van der Waals surface area contributed by atoms with Crippen LogP contribution >= 0.6 is 11.6 Å². The summed E-state index contributed by atoms with van der Waals surface area (Å²) in [6, 6.07) is 9.73. The molecule has 0 fully saturated rings. The molecule has 2 aromatic rings. The summed E-state index contributed by atoms with van der Waals surface area (Å²) in [4.78, 5) is 0. The molecule has 2 heteroatoms. The first-order chi connectivity index (χ1) is 8.18. The van der Waals surface area contributed by atoms with Crippen molar-refractivity contribution in [2.75, 3.05) is 5.73 Å². The second-order valence-corrected chi connectivity index (χ2v) is 3.58. The third-order valence-corrected chi connectivity index (χ3v) is 2.46. The SMILES string of the molecule is CC.CC.Cc1cc(N)cc2cccc(Cl)c12. The van der Waals surface area contributed by atoms with Gasteiger partial charge in [0, 0.05) is 16.1 Å². The molecule has 2 rings (SSSR count).